The van der Waals surface area contributed by atoms with Gasteiger partial charge in [0.15, 0.2) is 0 Å². The predicted octanol–water partition coefficient (Wildman–Crippen LogP) is 4.13. The van der Waals surface area contributed by atoms with Crippen molar-refractivity contribution in [3.63, 3.8) is 0 Å². The molecule has 1 aliphatic carbocycles. The lowest BCUT2D eigenvalue weighted by molar-refractivity contribution is 0.0948. The molecule has 2 atom stereocenters. The van der Waals surface area contributed by atoms with Gasteiger partial charge in [-0.3, -0.25) is 4.79 Å². The fraction of sp³-hybridized carbons (Fsp3) is 0.462. The summed E-state index contributed by atoms with van der Waals surface area (Å²) >= 11 is 6.79. The second kappa shape index (κ2) is 5.53. The number of carbonyl (C=O) groups excluding carboxylic acids is 1. The number of hydrogen-bond donors (Lipinski definition) is 1. The van der Waals surface area contributed by atoms with Crippen LogP contribution in [0.4, 0.5) is 0 Å². The zero-order chi connectivity index (χ0) is 12.4. The number of amides is 1. The molecule has 0 aromatic heterocycles. The molecule has 0 spiro atoms. The summed E-state index contributed by atoms with van der Waals surface area (Å²) in [5.41, 5.74) is 0.696. The molecule has 0 bridgehead atoms. The highest BCUT2D eigenvalue weighted by molar-refractivity contribution is 9.11. The summed E-state index contributed by atoms with van der Waals surface area (Å²) in [6.45, 7) is 2.18. The van der Waals surface area contributed by atoms with E-state index in [1.807, 2.05) is 18.2 Å². The minimum absolute atomic E-state index is 0.0155. The van der Waals surface area contributed by atoms with Crippen molar-refractivity contribution in [2.24, 2.45) is 5.92 Å². The summed E-state index contributed by atoms with van der Waals surface area (Å²) in [5, 5.41) is 3.08. The second-order valence-corrected chi connectivity index (χ2v) is 6.26. The van der Waals surface area contributed by atoms with E-state index in [-0.39, 0.29) is 5.91 Å². The fourth-order valence-corrected chi connectivity index (χ4v) is 2.82. The van der Waals surface area contributed by atoms with Gasteiger partial charge in [-0.2, -0.15) is 0 Å². The van der Waals surface area contributed by atoms with Gasteiger partial charge in [-0.05, 0) is 52.9 Å². The van der Waals surface area contributed by atoms with Gasteiger partial charge >= 0.3 is 0 Å². The Morgan fingerprint density at radius 3 is 2.94 bits per heavy atom. The van der Waals surface area contributed by atoms with Gasteiger partial charge in [0.1, 0.15) is 0 Å². The Hall–Kier alpha value is -0.350. The van der Waals surface area contributed by atoms with E-state index in [9.17, 15) is 4.79 Å². The van der Waals surface area contributed by atoms with E-state index in [1.165, 1.54) is 12.8 Å². The molecule has 4 heteroatoms. The van der Waals surface area contributed by atoms with Crippen LogP contribution in [0.1, 0.15) is 36.5 Å². The highest BCUT2D eigenvalue weighted by atomic mass is 79.9. The maximum atomic E-state index is 12.1. The van der Waals surface area contributed by atoms with Crippen molar-refractivity contribution < 1.29 is 4.79 Å². The van der Waals surface area contributed by atoms with Crippen molar-refractivity contribution in [3.8, 4) is 0 Å². The molecule has 1 saturated carbocycles. The standard InChI is InChI=1S/C13H15Br2NO/c1-2-3-8-6-12(8)16-13(17)10-7-9(14)4-5-11(10)15/h4-5,7-8,12H,2-3,6H2,1H3,(H,16,17). The summed E-state index contributed by atoms with van der Waals surface area (Å²) < 4.78 is 1.76. The number of nitrogens with one attached hydrogen (secondary N) is 1. The van der Waals surface area contributed by atoms with E-state index in [2.05, 4.69) is 44.1 Å². The molecular formula is C13H15Br2NO. The van der Waals surface area contributed by atoms with Gasteiger partial charge in [0, 0.05) is 15.0 Å². The molecule has 92 valence electrons. The highest BCUT2D eigenvalue weighted by Crippen LogP contribution is 2.35. The van der Waals surface area contributed by atoms with Crippen molar-refractivity contribution in [1.82, 2.24) is 5.32 Å². The van der Waals surface area contributed by atoms with Crippen LogP contribution in [0.25, 0.3) is 0 Å². The molecule has 1 N–H and O–H groups in total. The van der Waals surface area contributed by atoms with E-state index in [0.29, 0.717) is 17.5 Å². The Bertz CT molecular complexity index is 433. The van der Waals surface area contributed by atoms with Gasteiger partial charge in [-0.15, -0.1) is 0 Å². The van der Waals surface area contributed by atoms with Crippen molar-refractivity contribution in [1.29, 1.82) is 0 Å². The molecule has 0 aliphatic heterocycles. The zero-order valence-electron chi connectivity index (χ0n) is 9.67. The molecule has 2 rings (SSSR count). The lowest BCUT2D eigenvalue weighted by atomic mass is 10.2. The molecule has 1 amide bonds. The van der Waals surface area contributed by atoms with Gasteiger partial charge in [0.25, 0.3) is 5.91 Å². The topological polar surface area (TPSA) is 29.1 Å². The first-order chi connectivity index (χ1) is 8.11. The molecule has 2 nitrogen and oxygen atoms in total. The first-order valence-corrected chi connectivity index (χ1v) is 7.46. The van der Waals surface area contributed by atoms with Gasteiger partial charge in [-0.25, -0.2) is 0 Å². The summed E-state index contributed by atoms with van der Waals surface area (Å²) in [5.74, 6) is 0.705. The van der Waals surface area contributed by atoms with Crippen LogP contribution in [0.15, 0.2) is 27.1 Å². The number of carbonyl (C=O) groups is 1. The average molecular weight is 361 g/mol. The third kappa shape index (κ3) is 3.32. The van der Waals surface area contributed by atoms with Crippen molar-refractivity contribution in [3.05, 3.63) is 32.7 Å². The quantitative estimate of drug-likeness (QED) is 0.859. The van der Waals surface area contributed by atoms with Crippen LogP contribution in [0.5, 0.6) is 0 Å². The summed E-state index contributed by atoms with van der Waals surface area (Å²) in [4.78, 5) is 12.1. The van der Waals surface area contributed by atoms with E-state index in [4.69, 9.17) is 0 Å². The lowest BCUT2D eigenvalue weighted by Gasteiger charge is -2.07. The third-order valence-corrected chi connectivity index (χ3v) is 4.26. The SMILES string of the molecule is CCCC1CC1NC(=O)c1cc(Br)ccc1Br. The average Bonchev–Trinajstić information content (AvgIpc) is 3.00. The van der Waals surface area contributed by atoms with Crippen LogP contribution in [-0.2, 0) is 0 Å². The molecule has 1 fully saturated rings. The van der Waals surface area contributed by atoms with Crippen molar-refractivity contribution in [2.75, 3.05) is 0 Å². The normalized spacial score (nSPS) is 22.3. The Balaban J connectivity index is 1.98. The third-order valence-electron chi connectivity index (χ3n) is 3.07. The molecular weight excluding hydrogens is 346 g/mol. The van der Waals surface area contributed by atoms with E-state index >= 15 is 0 Å². The van der Waals surface area contributed by atoms with Crippen molar-refractivity contribution in [2.45, 2.75) is 32.2 Å². The van der Waals surface area contributed by atoms with Crippen LogP contribution in [0.2, 0.25) is 0 Å². The largest absolute Gasteiger partial charge is 0.349 e. The van der Waals surface area contributed by atoms with Gasteiger partial charge < -0.3 is 5.32 Å². The first-order valence-electron chi connectivity index (χ1n) is 5.87. The Morgan fingerprint density at radius 1 is 1.47 bits per heavy atom. The van der Waals surface area contributed by atoms with Crippen LogP contribution in [-0.4, -0.2) is 11.9 Å². The molecule has 0 saturated heterocycles. The molecule has 17 heavy (non-hydrogen) atoms. The minimum atomic E-state index is 0.0155. The highest BCUT2D eigenvalue weighted by Gasteiger charge is 2.37. The summed E-state index contributed by atoms with van der Waals surface area (Å²) in [6.07, 6.45) is 3.54. The maximum absolute atomic E-state index is 12.1. The van der Waals surface area contributed by atoms with Crippen LogP contribution in [0.3, 0.4) is 0 Å². The predicted molar refractivity (Wildman–Crippen MR) is 76.1 cm³/mol. The number of hydrogen-bond acceptors (Lipinski definition) is 1. The number of benzene rings is 1. The summed E-state index contributed by atoms with van der Waals surface area (Å²) in [6, 6.07) is 6.03. The second-order valence-electron chi connectivity index (χ2n) is 4.49. The van der Waals surface area contributed by atoms with Crippen molar-refractivity contribution >= 4 is 37.8 Å². The fourth-order valence-electron chi connectivity index (χ4n) is 2.03. The summed E-state index contributed by atoms with van der Waals surface area (Å²) in [7, 11) is 0. The van der Waals surface area contributed by atoms with E-state index in [0.717, 1.165) is 15.4 Å². The van der Waals surface area contributed by atoms with Crippen LogP contribution < -0.4 is 5.32 Å². The monoisotopic (exact) mass is 359 g/mol. The smallest absolute Gasteiger partial charge is 0.252 e. The van der Waals surface area contributed by atoms with E-state index in [1.54, 1.807) is 0 Å². The first kappa shape index (κ1) is 13.1. The van der Waals surface area contributed by atoms with E-state index < -0.39 is 0 Å². The number of rotatable bonds is 4. The Labute approximate surface area is 118 Å². The molecule has 1 aromatic rings. The molecule has 0 heterocycles. The molecule has 1 aliphatic rings. The van der Waals surface area contributed by atoms with Gasteiger partial charge in [-0.1, -0.05) is 29.3 Å². The van der Waals surface area contributed by atoms with Gasteiger partial charge in [0.2, 0.25) is 0 Å². The maximum Gasteiger partial charge on any atom is 0.252 e. The minimum Gasteiger partial charge on any atom is -0.349 e. The van der Waals surface area contributed by atoms with Crippen LogP contribution >= 0.6 is 31.9 Å². The Morgan fingerprint density at radius 2 is 2.24 bits per heavy atom. The van der Waals surface area contributed by atoms with Gasteiger partial charge in [0.05, 0.1) is 5.56 Å². The molecule has 0 radical (unpaired) electrons. The van der Waals surface area contributed by atoms with Crippen LogP contribution in [0, 0.1) is 5.92 Å². The Kier molecular flexibility index (Phi) is 4.26. The number of halogens is 2. The molecule has 2 unspecified atom stereocenters. The zero-order valence-corrected chi connectivity index (χ0v) is 12.8. The molecule has 1 aromatic carbocycles. The lowest BCUT2D eigenvalue weighted by Crippen LogP contribution is -2.27.